The molecule has 2 aliphatic rings. The zero-order valence-electron chi connectivity index (χ0n) is 21.1. The Hall–Kier alpha value is -4.28. The van der Waals surface area contributed by atoms with Gasteiger partial charge in [-0.3, -0.25) is 14.5 Å². The maximum Gasteiger partial charge on any atom is 0.352 e. The number of carbonyl (C=O) groups is 4. The lowest BCUT2D eigenvalue weighted by Gasteiger charge is -2.49. The van der Waals surface area contributed by atoms with Crippen molar-refractivity contribution >= 4 is 80.3 Å². The van der Waals surface area contributed by atoms with Crippen LogP contribution in [-0.2, 0) is 30.6 Å². The maximum absolute atomic E-state index is 13.2. The molecule has 0 spiro atoms. The van der Waals surface area contributed by atoms with Crippen molar-refractivity contribution in [3.63, 3.8) is 0 Å². The van der Waals surface area contributed by atoms with Crippen LogP contribution in [0.25, 0.3) is 11.0 Å². The number of anilines is 1. The summed E-state index contributed by atoms with van der Waals surface area (Å²) in [4.78, 5) is 64.3. The van der Waals surface area contributed by atoms with Crippen LogP contribution in [0.5, 0.6) is 0 Å². The van der Waals surface area contributed by atoms with Crippen LogP contribution in [0, 0.1) is 0 Å². The number of aliphatic carboxylic acids is 2. The highest BCUT2D eigenvalue weighted by molar-refractivity contribution is 8.00. The summed E-state index contributed by atoms with van der Waals surface area (Å²) in [7, 11) is 0. The molecule has 1 fully saturated rings. The molecule has 0 aromatic carbocycles. The Kier molecular flexibility index (Phi) is 7.79. The molecular formula is C24H21ClN7O7S2+. The first-order valence-electron chi connectivity index (χ1n) is 11.9. The minimum atomic E-state index is -1.40. The third kappa shape index (κ3) is 5.40. The molecule has 0 bridgehead atoms. The summed E-state index contributed by atoms with van der Waals surface area (Å²) in [5, 5.41) is 24.6. The second-order valence-corrected chi connectivity index (χ2v) is 11.6. The average Bonchev–Trinajstić information content (AvgIpc) is 3.28. The van der Waals surface area contributed by atoms with Gasteiger partial charge in [0.2, 0.25) is 11.6 Å². The van der Waals surface area contributed by atoms with Crippen molar-refractivity contribution in [1.82, 2.24) is 20.2 Å². The molecule has 14 nitrogen and oxygen atoms in total. The van der Waals surface area contributed by atoms with E-state index in [-0.39, 0.29) is 33.2 Å². The van der Waals surface area contributed by atoms with Gasteiger partial charge in [0.25, 0.3) is 11.8 Å². The number of aromatic nitrogens is 3. The van der Waals surface area contributed by atoms with Crippen LogP contribution in [0.3, 0.4) is 0 Å². The number of pyridine rings is 2. The molecule has 17 heteroatoms. The van der Waals surface area contributed by atoms with Crippen molar-refractivity contribution in [2.45, 2.75) is 31.0 Å². The third-order valence-corrected chi connectivity index (χ3v) is 8.66. The summed E-state index contributed by atoms with van der Waals surface area (Å²) in [5.41, 5.74) is 6.94. The zero-order chi connectivity index (χ0) is 29.4. The number of amides is 2. The fourth-order valence-electron chi connectivity index (χ4n) is 4.29. The first kappa shape index (κ1) is 28.3. The summed E-state index contributed by atoms with van der Waals surface area (Å²) in [6, 6.07) is 6.19. The predicted molar refractivity (Wildman–Crippen MR) is 148 cm³/mol. The Morgan fingerprint density at radius 1 is 1.34 bits per heavy atom. The molecule has 2 amide bonds. The van der Waals surface area contributed by atoms with Gasteiger partial charge in [-0.2, -0.15) is 4.57 Å². The number of nitrogens with one attached hydrogen (secondary N) is 1. The van der Waals surface area contributed by atoms with Gasteiger partial charge in [-0.05, 0) is 19.1 Å². The monoisotopic (exact) mass is 618 g/mol. The van der Waals surface area contributed by atoms with Crippen LogP contribution in [0.2, 0.25) is 4.34 Å². The molecule has 3 aromatic rings. The number of nitrogen functional groups attached to an aromatic ring is 1. The molecule has 1 unspecified atom stereocenters. The number of carboxylic acids is 2. The standard InChI is InChI=1S/C24H20ClN7O7S2/c1-10(22(35)36)39-30-15(14-18(25)41-24(26)29-14)19(33)28-16-20(34)32-17(23(37)38)11(9-40-21(16)32)8-31-7-3-4-12-13(31)5-2-6-27-12/h2-7,10,16,21H,8-9H2,1H3,(H4-,26,28,29,33,35,36,37,38)/p+1/t10-,16+,21?/m0/s1. The second kappa shape index (κ2) is 11.3. The minimum absolute atomic E-state index is 0.00143. The predicted octanol–water partition coefficient (Wildman–Crippen LogP) is 0.847. The van der Waals surface area contributed by atoms with E-state index >= 15 is 0 Å². The molecule has 41 heavy (non-hydrogen) atoms. The quantitative estimate of drug-likeness (QED) is 0.115. The van der Waals surface area contributed by atoms with Crippen molar-refractivity contribution in [3.8, 4) is 0 Å². The fourth-order valence-corrected chi connectivity index (χ4v) is 6.55. The molecule has 0 saturated carbocycles. The molecule has 3 atom stereocenters. The van der Waals surface area contributed by atoms with Crippen LogP contribution < -0.4 is 15.6 Å². The molecule has 1 saturated heterocycles. The topological polar surface area (TPSA) is 201 Å². The van der Waals surface area contributed by atoms with E-state index in [0.29, 0.717) is 5.57 Å². The number of β-lactam (4-membered cyclic amide) rings is 1. The molecule has 0 radical (unpaired) electrons. The summed E-state index contributed by atoms with van der Waals surface area (Å²) in [6.07, 6.45) is 2.06. The van der Waals surface area contributed by atoms with Crippen LogP contribution in [0.4, 0.5) is 5.13 Å². The maximum atomic E-state index is 13.2. The normalized spacial score (nSPS) is 19.4. The Balaban J connectivity index is 1.39. The smallest absolute Gasteiger partial charge is 0.352 e. The summed E-state index contributed by atoms with van der Waals surface area (Å²) in [6.45, 7) is 1.42. The van der Waals surface area contributed by atoms with E-state index in [1.165, 1.54) is 18.7 Å². The fraction of sp³-hybridized carbons (Fsp3) is 0.250. The number of thioether (sulfide) groups is 1. The molecule has 2 aliphatic heterocycles. The third-order valence-electron chi connectivity index (χ3n) is 6.23. The first-order chi connectivity index (χ1) is 19.6. The highest BCUT2D eigenvalue weighted by Crippen LogP contribution is 2.40. The largest absolute Gasteiger partial charge is 0.478 e. The molecular weight excluding hydrogens is 598 g/mol. The van der Waals surface area contributed by atoms with Crippen LogP contribution in [-0.4, -0.2) is 77.8 Å². The number of rotatable bonds is 9. The van der Waals surface area contributed by atoms with Gasteiger partial charge in [0, 0.05) is 29.7 Å². The number of halogens is 1. The number of carboxylic acid groups (broad SMARTS) is 2. The van der Waals surface area contributed by atoms with E-state index in [1.54, 1.807) is 24.5 Å². The molecule has 5 rings (SSSR count). The second-order valence-electron chi connectivity index (χ2n) is 8.86. The number of nitrogens with zero attached hydrogens (tertiary/aromatic N) is 5. The number of hydrogen-bond acceptors (Lipinski definition) is 11. The van der Waals surface area contributed by atoms with E-state index in [9.17, 15) is 24.3 Å². The lowest BCUT2D eigenvalue weighted by atomic mass is 10.0. The van der Waals surface area contributed by atoms with Gasteiger partial charge in [0.15, 0.2) is 23.6 Å². The summed E-state index contributed by atoms with van der Waals surface area (Å²) >= 11 is 8.30. The number of oxime groups is 1. The molecule has 3 aromatic heterocycles. The van der Waals surface area contributed by atoms with Crippen molar-refractivity contribution < 1.29 is 38.8 Å². The SMILES string of the molecule is C[C@H](ON=C(C(=O)N[C@@H]1C(=O)N2C(C(=O)O)=C(C[n+]3cccc4ncccc43)CSC12)c1nc(N)sc1Cl)C(=O)O. The average molecular weight is 619 g/mol. The Bertz CT molecular complexity index is 1650. The van der Waals surface area contributed by atoms with Gasteiger partial charge in [0.1, 0.15) is 32.7 Å². The highest BCUT2D eigenvalue weighted by Gasteiger charge is 2.55. The molecule has 5 heterocycles. The van der Waals surface area contributed by atoms with E-state index in [4.69, 9.17) is 27.3 Å². The van der Waals surface area contributed by atoms with Crippen molar-refractivity contribution in [2.75, 3.05) is 11.5 Å². The summed E-state index contributed by atoms with van der Waals surface area (Å²) < 4.78 is 1.85. The van der Waals surface area contributed by atoms with Gasteiger partial charge in [-0.25, -0.2) is 19.6 Å². The molecule has 5 N–H and O–H groups in total. The van der Waals surface area contributed by atoms with Gasteiger partial charge >= 0.3 is 11.9 Å². The van der Waals surface area contributed by atoms with Crippen molar-refractivity contribution in [1.29, 1.82) is 0 Å². The number of thiazole rings is 1. The Labute approximate surface area is 244 Å². The first-order valence-corrected chi connectivity index (χ1v) is 14.1. The van der Waals surface area contributed by atoms with Crippen LogP contribution in [0.15, 0.2) is 53.1 Å². The van der Waals surface area contributed by atoms with E-state index in [2.05, 4.69) is 20.4 Å². The van der Waals surface area contributed by atoms with Gasteiger partial charge < -0.3 is 26.1 Å². The minimum Gasteiger partial charge on any atom is -0.478 e. The number of fused-ring (bicyclic) bond motifs is 2. The van der Waals surface area contributed by atoms with E-state index in [0.717, 1.165) is 27.3 Å². The summed E-state index contributed by atoms with van der Waals surface area (Å²) in [5.74, 6) is -3.90. The lowest BCUT2D eigenvalue weighted by Crippen LogP contribution is -2.71. The van der Waals surface area contributed by atoms with E-state index < -0.39 is 47.0 Å². The molecule has 0 aliphatic carbocycles. The van der Waals surface area contributed by atoms with Crippen molar-refractivity contribution in [2.24, 2.45) is 5.16 Å². The van der Waals surface area contributed by atoms with E-state index in [1.807, 2.05) is 16.7 Å². The highest BCUT2D eigenvalue weighted by atomic mass is 35.5. The van der Waals surface area contributed by atoms with Crippen LogP contribution in [0.1, 0.15) is 12.6 Å². The zero-order valence-corrected chi connectivity index (χ0v) is 23.4. The van der Waals surface area contributed by atoms with Gasteiger partial charge in [0.05, 0.1) is 0 Å². The number of hydrogen-bond donors (Lipinski definition) is 4. The number of nitrogens with two attached hydrogens (primary N) is 1. The molecule has 212 valence electrons. The number of carbonyl (C=O) groups excluding carboxylic acids is 2. The van der Waals surface area contributed by atoms with Gasteiger partial charge in [-0.1, -0.05) is 28.1 Å². The van der Waals surface area contributed by atoms with Gasteiger partial charge in [-0.15, -0.1) is 11.8 Å². The lowest BCUT2D eigenvalue weighted by molar-refractivity contribution is -0.663. The Morgan fingerprint density at radius 3 is 2.80 bits per heavy atom. The van der Waals surface area contributed by atoms with Crippen LogP contribution >= 0.6 is 34.7 Å². The van der Waals surface area contributed by atoms with Crippen molar-refractivity contribution in [3.05, 3.63) is 58.0 Å². The Morgan fingerprint density at radius 2 is 2.12 bits per heavy atom.